The van der Waals surface area contributed by atoms with Gasteiger partial charge in [0.2, 0.25) is 11.8 Å². The number of benzene rings is 1. The molecular weight excluding hydrogens is 381 g/mol. The van der Waals surface area contributed by atoms with Crippen molar-refractivity contribution >= 4 is 11.8 Å². The highest BCUT2D eigenvalue weighted by Gasteiger charge is 2.46. The molecule has 0 aromatic heterocycles. The first-order chi connectivity index (χ1) is 13.8. The second-order valence-corrected chi connectivity index (χ2v) is 8.55. The molecule has 4 rings (SSSR count). The van der Waals surface area contributed by atoms with Gasteiger partial charge >= 0.3 is 6.18 Å². The molecule has 7 heteroatoms. The highest BCUT2D eigenvalue weighted by molar-refractivity contribution is 5.84. The molecule has 1 aromatic carbocycles. The van der Waals surface area contributed by atoms with Crippen molar-refractivity contribution in [1.82, 2.24) is 9.80 Å². The molecular formula is C22H27F3N2O2. The predicted molar refractivity (Wildman–Crippen MR) is 102 cm³/mol. The zero-order valence-electron chi connectivity index (χ0n) is 16.5. The molecule has 2 amide bonds. The van der Waals surface area contributed by atoms with Gasteiger partial charge in [-0.05, 0) is 62.1 Å². The van der Waals surface area contributed by atoms with Crippen LogP contribution < -0.4 is 0 Å². The normalized spacial score (nSPS) is 25.8. The molecule has 2 unspecified atom stereocenters. The van der Waals surface area contributed by atoms with Crippen LogP contribution in [0.2, 0.25) is 0 Å². The van der Waals surface area contributed by atoms with Gasteiger partial charge < -0.3 is 9.80 Å². The zero-order chi connectivity index (χ0) is 20.6. The van der Waals surface area contributed by atoms with Crippen molar-refractivity contribution in [3.8, 4) is 0 Å². The third-order valence-electron chi connectivity index (χ3n) is 6.60. The van der Waals surface area contributed by atoms with Gasteiger partial charge in [0, 0.05) is 38.0 Å². The van der Waals surface area contributed by atoms with E-state index in [0.29, 0.717) is 32.4 Å². The Morgan fingerprint density at radius 2 is 1.41 bits per heavy atom. The molecule has 2 heterocycles. The quantitative estimate of drug-likeness (QED) is 0.757. The fourth-order valence-corrected chi connectivity index (χ4v) is 4.71. The lowest BCUT2D eigenvalue weighted by molar-refractivity contribution is -0.141. The Hall–Kier alpha value is -2.05. The maximum Gasteiger partial charge on any atom is 0.416 e. The van der Waals surface area contributed by atoms with Crippen molar-refractivity contribution in [3.05, 3.63) is 35.4 Å². The van der Waals surface area contributed by atoms with E-state index >= 15 is 0 Å². The van der Waals surface area contributed by atoms with Crippen molar-refractivity contribution in [1.29, 1.82) is 0 Å². The van der Waals surface area contributed by atoms with E-state index < -0.39 is 11.7 Å². The van der Waals surface area contributed by atoms with Gasteiger partial charge in [0.1, 0.15) is 0 Å². The summed E-state index contributed by atoms with van der Waals surface area (Å²) in [6.45, 7) is 2.91. The van der Waals surface area contributed by atoms with Crippen LogP contribution in [0.15, 0.2) is 24.3 Å². The first-order valence-electron chi connectivity index (χ1n) is 10.6. The topological polar surface area (TPSA) is 40.6 Å². The number of amides is 2. The standard InChI is InChI=1S/C22H27F3N2O2/c23-22(24,25)17-6-4-15(5-7-17)18-14-19(18)21(29)27-12-8-16(9-13-27)20(28)26-10-2-1-3-11-26/h4-7,16,18-19H,1-3,8-14H2. The largest absolute Gasteiger partial charge is 0.416 e. The van der Waals surface area contributed by atoms with Gasteiger partial charge in [0.15, 0.2) is 0 Å². The SMILES string of the molecule is O=C(C1CCN(C(=O)C2CC2c2ccc(C(F)(F)F)cc2)CC1)N1CCCCC1. The van der Waals surface area contributed by atoms with E-state index in [0.717, 1.165) is 43.6 Å². The second-order valence-electron chi connectivity index (χ2n) is 8.55. The Morgan fingerprint density at radius 1 is 0.828 bits per heavy atom. The summed E-state index contributed by atoms with van der Waals surface area (Å²) >= 11 is 0. The zero-order valence-corrected chi connectivity index (χ0v) is 16.5. The highest BCUT2D eigenvalue weighted by atomic mass is 19.4. The lowest BCUT2D eigenvalue weighted by Gasteiger charge is -2.35. The number of carbonyl (C=O) groups is 2. The molecule has 2 aliphatic heterocycles. The first kappa shape index (κ1) is 20.2. The van der Waals surface area contributed by atoms with Crippen LogP contribution in [0.5, 0.6) is 0 Å². The average molecular weight is 408 g/mol. The van der Waals surface area contributed by atoms with Crippen molar-refractivity contribution in [2.24, 2.45) is 11.8 Å². The Balaban J connectivity index is 1.28. The van der Waals surface area contributed by atoms with E-state index in [1.807, 2.05) is 9.80 Å². The molecule has 0 radical (unpaired) electrons. The monoisotopic (exact) mass is 408 g/mol. The van der Waals surface area contributed by atoms with Crippen molar-refractivity contribution < 1.29 is 22.8 Å². The van der Waals surface area contributed by atoms with E-state index in [2.05, 4.69) is 0 Å². The summed E-state index contributed by atoms with van der Waals surface area (Å²) in [5.41, 5.74) is 0.136. The molecule has 0 N–H and O–H groups in total. The number of hydrogen-bond acceptors (Lipinski definition) is 2. The number of piperidine rings is 2. The van der Waals surface area contributed by atoms with Crippen LogP contribution in [0, 0.1) is 11.8 Å². The Bertz CT molecular complexity index is 748. The highest BCUT2D eigenvalue weighted by Crippen LogP contribution is 2.49. The number of halogens is 3. The second kappa shape index (κ2) is 8.00. The number of likely N-dealkylation sites (tertiary alicyclic amines) is 2. The van der Waals surface area contributed by atoms with Crippen LogP contribution >= 0.6 is 0 Å². The van der Waals surface area contributed by atoms with Crippen LogP contribution in [0.25, 0.3) is 0 Å². The summed E-state index contributed by atoms with van der Waals surface area (Å²) in [7, 11) is 0. The maximum absolute atomic E-state index is 12.8. The summed E-state index contributed by atoms with van der Waals surface area (Å²) in [6, 6.07) is 5.16. The summed E-state index contributed by atoms with van der Waals surface area (Å²) in [6.07, 6.45) is 1.12. The van der Waals surface area contributed by atoms with Crippen molar-refractivity contribution in [2.75, 3.05) is 26.2 Å². The molecule has 1 aliphatic carbocycles. The number of carbonyl (C=O) groups excluding carboxylic acids is 2. The molecule has 29 heavy (non-hydrogen) atoms. The van der Waals surface area contributed by atoms with Gasteiger partial charge in [0.05, 0.1) is 5.56 Å². The minimum absolute atomic E-state index is 0.0116. The van der Waals surface area contributed by atoms with E-state index in [4.69, 9.17) is 0 Å². The van der Waals surface area contributed by atoms with Gasteiger partial charge in [-0.3, -0.25) is 9.59 Å². The molecule has 158 valence electrons. The minimum Gasteiger partial charge on any atom is -0.342 e. The van der Waals surface area contributed by atoms with Gasteiger partial charge in [-0.1, -0.05) is 12.1 Å². The molecule has 1 aromatic rings. The molecule has 4 nitrogen and oxygen atoms in total. The molecule has 2 saturated heterocycles. The van der Waals surface area contributed by atoms with E-state index in [-0.39, 0.29) is 29.6 Å². The van der Waals surface area contributed by atoms with E-state index in [1.165, 1.54) is 18.6 Å². The Labute approximate surface area is 169 Å². The fourth-order valence-electron chi connectivity index (χ4n) is 4.71. The van der Waals surface area contributed by atoms with Gasteiger partial charge in [0.25, 0.3) is 0 Å². The maximum atomic E-state index is 12.8. The fraction of sp³-hybridized carbons (Fsp3) is 0.636. The third kappa shape index (κ3) is 4.43. The number of nitrogens with zero attached hydrogens (tertiary/aromatic N) is 2. The van der Waals surface area contributed by atoms with Gasteiger partial charge in [-0.2, -0.15) is 13.2 Å². The lowest BCUT2D eigenvalue weighted by atomic mass is 9.94. The van der Waals surface area contributed by atoms with Crippen LogP contribution in [0.3, 0.4) is 0 Å². The Kier molecular flexibility index (Phi) is 5.58. The van der Waals surface area contributed by atoms with Crippen LogP contribution in [0.4, 0.5) is 13.2 Å². The van der Waals surface area contributed by atoms with Crippen molar-refractivity contribution in [3.63, 3.8) is 0 Å². The van der Waals surface area contributed by atoms with Crippen LogP contribution in [0.1, 0.15) is 55.6 Å². The number of rotatable bonds is 3. The Morgan fingerprint density at radius 3 is 2.00 bits per heavy atom. The molecule has 3 fully saturated rings. The van der Waals surface area contributed by atoms with Gasteiger partial charge in [-0.25, -0.2) is 0 Å². The molecule has 0 bridgehead atoms. The van der Waals surface area contributed by atoms with E-state index in [9.17, 15) is 22.8 Å². The summed E-state index contributed by atoms with van der Waals surface area (Å²) in [5.74, 6) is 0.213. The summed E-state index contributed by atoms with van der Waals surface area (Å²) < 4.78 is 38.1. The van der Waals surface area contributed by atoms with Crippen LogP contribution in [-0.2, 0) is 15.8 Å². The van der Waals surface area contributed by atoms with Gasteiger partial charge in [-0.15, -0.1) is 0 Å². The minimum atomic E-state index is -4.34. The third-order valence-corrected chi connectivity index (χ3v) is 6.60. The molecule has 0 spiro atoms. The lowest BCUT2D eigenvalue weighted by Crippen LogP contribution is -2.46. The first-order valence-corrected chi connectivity index (χ1v) is 10.6. The molecule has 1 saturated carbocycles. The average Bonchev–Trinajstić information content (AvgIpc) is 3.54. The summed E-state index contributed by atoms with van der Waals surface area (Å²) in [5, 5.41) is 0. The molecule has 2 atom stereocenters. The van der Waals surface area contributed by atoms with Crippen LogP contribution in [-0.4, -0.2) is 47.8 Å². The summed E-state index contributed by atoms with van der Waals surface area (Å²) in [4.78, 5) is 29.3. The predicted octanol–water partition coefficient (Wildman–Crippen LogP) is 4.06. The number of alkyl halides is 3. The number of hydrogen-bond donors (Lipinski definition) is 0. The van der Waals surface area contributed by atoms with E-state index in [1.54, 1.807) is 0 Å². The van der Waals surface area contributed by atoms with Crippen molar-refractivity contribution in [2.45, 2.75) is 50.6 Å². The molecule has 3 aliphatic rings. The smallest absolute Gasteiger partial charge is 0.342 e.